The molecule has 11 nitrogen and oxygen atoms in total. The summed E-state index contributed by atoms with van der Waals surface area (Å²) in [7, 11) is -6.03. The number of phosphoric ester groups is 1. The Hall–Kier alpha value is -4.85. The van der Waals surface area contributed by atoms with Crippen LogP contribution in [0, 0.1) is 5.82 Å². The van der Waals surface area contributed by atoms with E-state index in [0.717, 1.165) is 75.8 Å². The highest BCUT2D eigenvalue weighted by Crippen LogP contribution is 2.40. The number of hydrogen-bond acceptors (Lipinski definition) is 7. The Morgan fingerprint density at radius 1 is 0.833 bits per heavy atom. The monoisotopic (exact) mass is 855 g/mol. The van der Waals surface area contributed by atoms with Crippen LogP contribution in [0.15, 0.2) is 126 Å². The minimum absolute atomic E-state index is 0.0235. The van der Waals surface area contributed by atoms with Crippen molar-refractivity contribution in [1.29, 1.82) is 0 Å². The van der Waals surface area contributed by atoms with E-state index >= 15 is 0 Å². The molecule has 0 aliphatic rings. The van der Waals surface area contributed by atoms with Crippen molar-refractivity contribution in [3.63, 3.8) is 0 Å². The maximum Gasteiger partial charge on any atom is 0.524 e. The Morgan fingerprint density at radius 2 is 1.52 bits per heavy atom. The zero-order valence-corrected chi connectivity index (χ0v) is 35.4. The molecule has 0 radical (unpaired) electrons. The fraction of sp³-hybridized carbons (Fsp3) is 0.304. The van der Waals surface area contributed by atoms with E-state index in [9.17, 15) is 28.1 Å². The van der Waals surface area contributed by atoms with Crippen molar-refractivity contribution in [1.82, 2.24) is 15.3 Å². The Labute approximate surface area is 353 Å². The number of nitrogens with one attached hydrogen (secondary N) is 2. The molecule has 60 heavy (non-hydrogen) atoms. The van der Waals surface area contributed by atoms with E-state index in [1.807, 2.05) is 47.3 Å². The largest absolute Gasteiger partial charge is 0.524 e. The Morgan fingerprint density at radius 3 is 2.22 bits per heavy atom. The number of ether oxygens (including phenoxy) is 1. The van der Waals surface area contributed by atoms with Gasteiger partial charge in [-0.15, -0.1) is 0 Å². The molecule has 316 valence electrons. The second-order valence-electron chi connectivity index (χ2n) is 14.7. The van der Waals surface area contributed by atoms with Crippen molar-refractivity contribution >= 4 is 18.6 Å². The van der Waals surface area contributed by atoms with Gasteiger partial charge in [-0.25, -0.2) is 18.5 Å². The molecule has 2 unspecified atom stereocenters. The number of halogens is 1. The Balaban J connectivity index is 1.02. The van der Waals surface area contributed by atoms with E-state index in [-0.39, 0.29) is 24.7 Å². The lowest BCUT2D eigenvalue weighted by molar-refractivity contribution is -0.688. The smallest absolute Gasteiger partial charge is 0.404 e. The summed E-state index contributed by atoms with van der Waals surface area (Å²) in [5, 5.41) is 14.2. The second-order valence-corrected chi connectivity index (χ2v) is 17.2. The summed E-state index contributed by atoms with van der Waals surface area (Å²) in [6.45, 7) is 2.78. The van der Waals surface area contributed by atoms with Crippen molar-refractivity contribution in [3.05, 3.63) is 144 Å². The summed E-state index contributed by atoms with van der Waals surface area (Å²) in [5.41, 5.74) is 5.96. The molecule has 0 saturated carbocycles. The van der Waals surface area contributed by atoms with Crippen molar-refractivity contribution in [2.75, 3.05) is 32.6 Å². The summed E-state index contributed by atoms with van der Waals surface area (Å²) < 4.78 is 50.5. The molecule has 0 aliphatic carbocycles. The van der Waals surface area contributed by atoms with Crippen molar-refractivity contribution < 1.29 is 41.9 Å². The van der Waals surface area contributed by atoms with Gasteiger partial charge in [-0.3, -0.25) is 14.0 Å². The van der Waals surface area contributed by atoms with Crippen LogP contribution < -0.4 is 14.4 Å². The van der Waals surface area contributed by atoms with Crippen molar-refractivity contribution in [3.8, 4) is 39.7 Å². The number of H-pyrrole nitrogens is 1. The van der Waals surface area contributed by atoms with E-state index in [1.165, 1.54) is 23.8 Å². The van der Waals surface area contributed by atoms with E-state index in [2.05, 4.69) is 34.6 Å². The van der Waals surface area contributed by atoms with Gasteiger partial charge in [-0.2, -0.15) is 0 Å². The number of pyridine rings is 1. The van der Waals surface area contributed by atoms with Crippen molar-refractivity contribution in [2.24, 2.45) is 0 Å². The average Bonchev–Trinajstić information content (AvgIpc) is 3.69. The molecule has 0 amide bonds. The zero-order chi connectivity index (χ0) is 42.3. The van der Waals surface area contributed by atoms with E-state index < -0.39 is 24.7 Å². The summed E-state index contributed by atoms with van der Waals surface area (Å²) in [5.74, 6) is 0.203. The predicted octanol–water partition coefficient (Wildman–Crippen LogP) is 8.32. The van der Waals surface area contributed by atoms with Crippen LogP contribution in [0.1, 0.15) is 61.3 Å². The van der Waals surface area contributed by atoms with Gasteiger partial charge >= 0.3 is 7.82 Å². The fourth-order valence-electron chi connectivity index (χ4n) is 6.83. The average molecular weight is 856 g/mol. The highest BCUT2D eigenvalue weighted by Gasteiger charge is 2.23. The number of aliphatic hydroxyl groups is 1. The molecule has 2 atom stereocenters. The quantitative estimate of drug-likeness (QED) is 0.0243. The molecule has 14 heteroatoms. The number of hydrogen-bond donors (Lipinski definition) is 5. The Kier molecular flexibility index (Phi) is 16.5. The first-order chi connectivity index (χ1) is 29.0. The van der Waals surface area contributed by atoms with Gasteiger partial charge in [0.05, 0.1) is 23.1 Å². The lowest BCUT2D eigenvalue weighted by atomic mass is 10.0. The molecular weight excluding hydrogens is 803 g/mol. The summed E-state index contributed by atoms with van der Waals surface area (Å²) >= 11 is 0. The van der Waals surface area contributed by atoms with Gasteiger partial charge < -0.3 is 24.7 Å². The number of aromatic nitrogens is 3. The zero-order valence-electron chi connectivity index (χ0n) is 33.7. The lowest BCUT2D eigenvalue weighted by Gasteiger charge is -2.16. The number of aliphatic hydroxyl groups excluding tert-OH is 1. The molecule has 5 N–H and O–H groups in total. The number of benzene rings is 4. The summed E-state index contributed by atoms with van der Waals surface area (Å²) in [4.78, 5) is 28.4. The van der Waals surface area contributed by atoms with Gasteiger partial charge in [0.25, 0.3) is 0 Å². The molecule has 2 heterocycles. The molecule has 0 spiro atoms. The van der Waals surface area contributed by atoms with Crippen molar-refractivity contribution in [2.45, 2.75) is 62.5 Å². The maximum atomic E-state index is 13.9. The molecule has 0 bridgehead atoms. The topological polar surface area (TPSA) is 158 Å². The minimum atomic E-state index is -4.91. The number of phosphoric acid groups is 1. The Bertz CT molecular complexity index is 2320. The highest BCUT2D eigenvalue weighted by atomic mass is 32.2. The molecule has 0 saturated heterocycles. The third-order valence-electron chi connectivity index (χ3n) is 10.1. The minimum Gasteiger partial charge on any atom is -0.404 e. The van der Waals surface area contributed by atoms with E-state index in [4.69, 9.17) is 14.2 Å². The van der Waals surface area contributed by atoms with Crippen LogP contribution in [0.2, 0.25) is 0 Å². The second kappa shape index (κ2) is 22.1. The number of unbranched alkanes of at least 4 members (excludes halogenated alkanes) is 4. The van der Waals surface area contributed by atoms with Crippen LogP contribution >= 0.6 is 7.82 Å². The predicted molar refractivity (Wildman–Crippen MR) is 232 cm³/mol. The van der Waals surface area contributed by atoms with Gasteiger partial charge in [0.15, 0.2) is 18.9 Å². The first kappa shape index (κ1) is 44.7. The van der Waals surface area contributed by atoms with E-state index in [0.29, 0.717) is 38.8 Å². The molecule has 2 aromatic heterocycles. The first-order valence-electron chi connectivity index (χ1n) is 20.2. The molecule has 6 rings (SSSR count). The van der Waals surface area contributed by atoms with Gasteiger partial charge in [0.2, 0.25) is 0 Å². The van der Waals surface area contributed by atoms with Crippen LogP contribution in [0.3, 0.4) is 0 Å². The number of nitrogens with zero attached hydrogens (tertiary/aromatic N) is 2. The summed E-state index contributed by atoms with van der Waals surface area (Å²) in [6.07, 6.45) is 11.7. The molecule has 4 aromatic carbocycles. The van der Waals surface area contributed by atoms with Crippen LogP contribution in [-0.4, -0.2) is 61.6 Å². The van der Waals surface area contributed by atoms with Crippen LogP contribution in [0.25, 0.3) is 33.9 Å². The highest BCUT2D eigenvalue weighted by molar-refractivity contribution is 7.84. The third-order valence-corrected chi connectivity index (χ3v) is 11.5. The normalized spacial score (nSPS) is 12.7. The SMILES string of the molecule is CS(=O)c1ccc(-c2nc(-c3ccc(F)cc3)c(-c3cc[n+](Cc4ccc(C(O)CNCCCCCCOCCCCc5ccccc5)cc4OP(=O)(O)O)cc3)[nH]2)cc1. The fourth-order valence-corrected chi connectivity index (χ4v) is 7.78. The van der Waals surface area contributed by atoms with Crippen LogP contribution in [-0.2, 0) is 33.1 Å². The third kappa shape index (κ3) is 13.6. The van der Waals surface area contributed by atoms with Gasteiger partial charge in [0.1, 0.15) is 17.4 Å². The maximum absolute atomic E-state index is 13.9. The molecule has 0 fully saturated rings. The summed E-state index contributed by atoms with van der Waals surface area (Å²) in [6, 6.07) is 32.5. The lowest BCUT2D eigenvalue weighted by Crippen LogP contribution is -2.33. The standard InChI is InChI=1S/C46H52FN4O7PS/c1-60(56)41-22-18-37(19-23-41)46-49-44(35-16-20-40(47)21-17-35)45(50-46)36-24-27-51(28-25-36)33-39-15-14-38(31-43(39)58-59(53,54)55)42(52)32-48-26-8-2-3-9-29-57-30-10-7-13-34-11-5-4-6-12-34/h4-6,11-12,14-25,27-28,31,42,48,52H,2-3,7-10,13,26,29-30,32-33H2,1H3,(H2,53,54,55)/p+1. The van der Waals surface area contributed by atoms with Gasteiger partial charge in [-0.1, -0.05) is 61.4 Å². The molecule has 6 aromatic rings. The number of rotatable bonds is 23. The number of imidazole rings is 1. The molecular formula is C46H53FN4O7PS+. The van der Waals surface area contributed by atoms with Crippen LogP contribution in [0.4, 0.5) is 4.39 Å². The van der Waals surface area contributed by atoms with Gasteiger partial charge in [-0.05, 0) is 98.3 Å². The van der Waals surface area contributed by atoms with Gasteiger partial charge in [0, 0.05) is 70.5 Å². The van der Waals surface area contributed by atoms with Crippen LogP contribution in [0.5, 0.6) is 5.75 Å². The number of aryl methyl sites for hydroxylation is 1. The number of aromatic amines is 1. The molecule has 0 aliphatic heterocycles. The first-order valence-corrected chi connectivity index (χ1v) is 23.3. The van der Waals surface area contributed by atoms with E-state index in [1.54, 1.807) is 42.7 Å².